The van der Waals surface area contributed by atoms with Gasteiger partial charge >= 0.3 is 0 Å². The van der Waals surface area contributed by atoms with Crippen molar-refractivity contribution in [2.24, 2.45) is 0 Å². The molecule has 1 aromatic carbocycles. The van der Waals surface area contributed by atoms with E-state index in [1.54, 1.807) is 0 Å². The van der Waals surface area contributed by atoms with Gasteiger partial charge < -0.3 is 10.1 Å². The summed E-state index contributed by atoms with van der Waals surface area (Å²) in [4.78, 5) is 0. The van der Waals surface area contributed by atoms with E-state index in [0.717, 1.165) is 38.6 Å². The average molecular weight is 326 g/mol. The van der Waals surface area contributed by atoms with Crippen LogP contribution in [0.2, 0.25) is 5.02 Å². The van der Waals surface area contributed by atoms with Gasteiger partial charge in [0.25, 0.3) is 0 Å². The molecule has 0 atom stereocenters. The molecule has 21 heavy (non-hydrogen) atoms. The Morgan fingerprint density at radius 2 is 2.10 bits per heavy atom. The fourth-order valence-electron chi connectivity index (χ4n) is 1.94. The monoisotopic (exact) mass is 325 g/mol. The third-order valence-electron chi connectivity index (χ3n) is 3.06. The largest absolute Gasteiger partial charge is 0.486 e. The lowest BCUT2D eigenvalue weighted by atomic mass is 10.0. The number of benzene rings is 1. The Morgan fingerprint density at radius 3 is 2.76 bits per heavy atom. The van der Waals surface area contributed by atoms with Crippen LogP contribution in [0.3, 0.4) is 0 Å². The van der Waals surface area contributed by atoms with Crippen molar-refractivity contribution < 1.29 is 4.74 Å². The number of ether oxygens (including phenoxy) is 1. The van der Waals surface area contributed by atoms with E-state index < -0.39 is 0 Å². The lowest BCUT2D eigenvalue weighted by Crippen LogP contribution is -1.99. The van der Waals surface area contributed by atoms with Crippen molar-refractivity contribution in [3.63, 3.8) is 0 Å². The Labute approximate surface area is 134 Å². The summed E-state index contributed by atoms with van der Waals surface area (Å²) in [6.07, 6.45) is 0. The van der Waals surface area contributed by atoms with Crippen molar-refractivity contribution >= 4 is 28.1 Å². The second-order valence-electron chi connectivity index (χ2n) is 5.11. The summed E-state index contributed by atoms with van der Waals surface area (Å²) in [5, 5.41) is 13.8. The van der Waals surface area contributed by atoms with Gasteiger partial charge in [-0.05, 0) is 43.0 Å². The highest BCUT2D eigenvalue weighted by molar-refractivity contribution is 7.15. The molecule has 0 aliphatic heterocycles. The van der Waals surface area contributed by atoms with Gasteiger partial charge in [-0.2, -0.15) is 0 Å². The van der Waals surface area contributed by atoms with Crippen molar-refractivity contribution in [2.75, 3.05) is 11.9 Å². The zero-order valence-electron chi connectivity index (χ0n) is 12.7. The molecule has 6 heteroatoms. The number of rotatable bonds is 6. The molecule has 0 spiro atoms. The molecule has 0 radical (unpaired) electrons. The lowest BCUT2D eigenvalue weighted by molar-refractivity contribution is 0.302. The zero-order chi connectivity index (χ0) is 15.4. The maximum atomic E-state index is 6.27. The molecule has 2 aromatic rings. The summed E-state index contributed by atoms with van der Waals surface area (Å²) in [6.45, 7) is 9.52. The summed E-state index contributed by atoms with van der Waals surface area (Å²) in [7, 11) is 0. The Hall–Kier alpha value is -1.33. The molecule has 1 N–H and O–H groups in total. The molecular weight excluding hydrogens is 306 g/mol. The van der Waals surface area contributed by atoms with Crippen LogP contribution in [0.25, 0.3) is 0 Å². The molecule has 0 aliphatic rings. The van der Waals surface area contributed by atoms with Crippen LogP contribution in [0.1, 0.15) is 42.8 Å². The van der Waals surface area contributed by atoms with Crippen LogP contribution in [0.4, 0.5) is 5.13 Å². The minimum Gasteiger partial charge on any atom is -0.486 e. The minimum atomic E-state index is 0.363. The Morgan fingerprint density at radius 1 is 1.33 bits per heavy atom. The number of nitrogens with zero attached hydrogens (tertiary/aromatic N) is 2. The fourth-order valence-corrected chi connectivity index (χ4v) is 3.10. The molecule has 0 bridgehead atoms. The molecule has 0 unspecified atom stereocenters. The molecule has 0 saturated heterocycles. The van der Waals surface area contributed by atoms with E-state index in [0.29, 0.717) is 12.5 Å². The van der Waals surface area contributed by atoms with Gasteiger partial charge in [-0.25, -0.2) is 0 Å². The molecular formula is C15H20ClN3OS. The van der Waals surface area contributed by atoms with Crippen molar-refractivity contribution in [1.82, 2.24) is 10.2 Å². The first-order valence-corrected chi connectivity index (χ1v) is 8.19. The number of aromatic nitrogens is 2. The van der Waals surface area contributed by atoms with Gasteiger partial charge in [-0.1, -0.05) is 36.8 Å². The molecule has 0 aliphatic carbocycles. The molecule has 1 aromatic heterocycles. The second kappa shape index (κ2) is 7.09. The molecule has 4 nitrogen and oxygen atoms in total. The molecule has 0 amide bonds. The van der Waals surface area contributed by atoms with E-state index in [1.807, 2.05) is 26.0 Å². The number of aryl methyl sites for hydroxylation is 1. The van der Waals surface area contributed by atoms with E-state index in [1.165, 1.54) is 11.3 Å². The van der Waals surface area contributed by atoms with Crippen LogP contribution >= 0.6 is 22.9 Å². The van der Waals surface area contributed by atoms with Gasteiger partial charge in [0.05, 0.1) is 0 Å². The van der Waals surface area contributed by atoms with Crippen LogP contribution in [0, 0.1) is 6.92 Å². The first-order valence-electron chi connectivity index (χ1n) is 7.00. The van der Waals surface area contributed by atoms with E-state index in [2.05, 4.69) is 29.4 Å². The third kappa shape index (κ3) is 4.08. The third-order valence-corrected chi connectivity index (χ3v) is 4.24. The Balaban J connectivity index is 2.10. The van der Waals surface area contributed by atoms with Crippen molar-refractivity contribution in [1.29, 1.82) is 0 Å². The average Bonchev–Trinajstić information content (AvgIpc) is 2.85. The first-order chi connectivity index (χ1) is 10.0. The van der Waals surface area contributed by atoms with Crippen LogP contribution in [0.15, 0.2) is 12.1 Å². The number of anilines is 1. The van der Waals surface area contributed by atoms with Gasteiger partial charge in [-0.15, -0.1) is 10.2 Å². The lowest BCUT2D eigenvalue weighted by Gasteiger charge is -2.14. The predicted octanol–water partition coefficient (Wildman–Crippen LogP) is 4.63. The van der Waals surface area contributed by atoms with Crippen molar-refractivity contribution in [3.8, 4) is 5.75 Å². The molecule has 1 heterocycles. The first kappa shape index (κ1) is 16.0. The summed E-state index contributed by atoms with van der Waals surface area (Å²) in [5.41, 5.74) is 2.13. The highest BCUT2D eigenvalue weighted by Gasteiger charge is 2.11. The number of hydrogen-bond acceptors (Lipinski definition) is 5. The van der Waals surface area contributed by atoms with Crippen LogP contribution in [-0.4, -0.2) is 16.7 Å². The van der Waals surface area contributed by atoms with E-state index in [-0.39, 0.29) is 0 Å². The normalized spacial score (nSPS) is 11.0. The predicted molar refractivity (Wildman–Crippen MR) is 88.7 cm³/mol. The molecule has 0 saturated carbocycles. The van der Waals surface area contributed by atoms with Crippen molar-refractivity contribution in [2.45, 2.75) is 40.2 Å². The number of hydrogen-bond donors (Lipinski definition) is 1. The maximum Gasteiger partial charge on any atom is 0.205 e. The highest BCUT2D eigenvalue weighted by Crippen LogP contribution is 2.32. The van der Waals surface area contributed by atoms with Crippen molar-refractivity contribution in [3.05, 3.63) is 33.3 Å². The summed E-state index contributed by atoms with van der Waals surface area (Å²) < 4.78 is 5.88. The van der Waals surface area contributed by atoms with Gasteiger partial charge in [0, 0.05) is 11.6 Å². The fraction of sp³-hybridized carbons (Fsp3) is 0.467. The maximum absolute atomic E-state index is 6.27. The molecule has 114 valence electrons. The van der Waals surface area contributed by atoms with Crippen LogP contribution < -0.4 is 10.1 Å². The van der Waals surface area contributed by atoms with Gasteiger partial charge in [-0.3, -0.25) is 0 Å². The SMILES string of the molecule is CCNc1nnc(COc2cc(C(C)C)c(Cl)cc2C)s1. The standard InChI is InChI=1S/C15H20ClN3OS/c1-5-17-15-19-18-14(21-15)8-20-13-7-11(9(2)3)12(16)6-10(13)4/h6-7,9H,5,8H2,1-4H3,(H,17,19). The smallest absolute Gasteiger partial charge is 0.205 e. The summed E-state index contributed by atoms with van der Waals surface area (Å²) in [5.74, 6) is 1.21. The summed E-state index contributed by atoms with van der Waals surface area (Å²) >= 11 is 7.78. The molecule has 0 fully saturated rings. The topological polar surface area (TPSA) is 47.0 Å². The van der Waals surface area contributed by atoms with Gasteiger partial charge in [0.2, 0.25) is 5.13 Å². The van der Waals surface area contributed by atoms with Crippen LogP contribution in [-0.2, 0) is 6.61 Å². The quantitative estimate of drug-likeness (QED) is 0.840. The van der Waals surface area contributed by atoms with Gasteiger partial charge in [0.15, 0.2) is 5.01 Å². The van der Waals surface area contributed by atoms with Gasteiger partial charge in [0.1, 0.15) is 12.4 Å². The minimum absolute atomic E-state index is 0.363. The Kier molecular flexibility index (Phi) is 5.42. The zero-order valence-corrected chi connectivity index (χ0v) is 14.3. The van der Waals surface area contributed by atoms with E-state index >= 15 is 0 Å². The van der Waals surface area contributed by atoms with E-state index in [9.17, 15) is 0 Å². The Bertz CT molecular complexity index is 613. The van der Waals surface area contributed by atoms with Crippen LogP contribution in [0.5, 0.6) is 5.75 Å². The molecule has 2 rings (SSSR count). The number of halogens is 1. The highest BCUT2D eigenvalue weighted by atomic mass is 35.5. The van der Waals surface area contributed by atoms with E-state index in [4.69, 9.17) is 16.3 Å². The second-order valence-corrected chi connectivity index (χ2v) is 6.58. The summed E-state index contributed by atoms with van der Waals surface area (Å²) in [6, 6.07) is 3.98. The number of nitrogens with one attached hydrogen (secondary N) is 1.